The van der Waals surface area contributed by atoms with Gasteiger partial charge in [0.1, 0.15) is 0 Å². The lowest BCUT2D eigenvalue weighted by atomic mass is 9.85. The molecule has 0 spiro atoms. The van der Waals surface area contributed by atoms with Crippen LogP contribution in [-0.4, -0.2) is 23.6 Å². The number of imide groups is 1. The third kappa shape index (κ3) is 2.99. The first-order valence-corrected chi connectivity index (χ1v) is 7.98. The monoisotopic (exact) mass is 381 g/mol. The second-order valence-electron chi connectivity index (χ2n) is 4.23. The van der Waals surface area contributed by atoms with Crippen LogP contribution >= 0.6 is 70.0 Å². The predicted molar refractivity (Wildman–Crippen MR) is 79.5 cm³/mol. The Kier molecular flexibility index (Phi) is 4.62. The summed E-state index contributed by atoms with van der Waals surface area (Å²) in [5.41, 5.74) is 0. The Morgan fingerprint density at radius 3 is 1.79 bits per heavy atom. The van der Waals surface area contributed by atoms with Crippen LogP contribution in [-0.2, 0) is 9.59 Å². The van der Waals surface area contributed by atoms with Gasteiger partial charge < -0.3 is 0 Å². The summed E-state index contributed by atoms with van der Waals surface area (Å²) in [5.74, 6) is -1.43. The van der Waals surface area contributed by atoms with Gasteiger partial charge in [0, 0.05) is 11.9 Å². The topological polar surface area (TPSA) is 37.4 Å². The molecular weight excluding hydrogens is 375 g/mol. The number of carbonyl (C=O) groups excluding carboxylic acids is 2. The number of amides is 2. The Morgan fingerprint density at radius 2 is 1.42 bits per heavy atom. The van der Waals surface area contributed by atoms with Crippen molar-refractivity contribution in [2.75, 3.05) is 0 Å². The smallest absolute Gasteiger partial charge is 0.243 e. The first kappa shape index (κ1) is 16.1. The van der Waals surface area contributed by atoms with Gasteiger partial charge in [-0.05, 0) is 12.8 Å². The lowest BCUT2D eigenvalue weighted by Gasteiger charge is -2.29. The molecule has 1 aliphatic carbocycles. The average Bonchev–Trinajstić information content (AvgIpc) is 2.54. The summed E-state index contributed by atoms with van der Waals surface area (Å²) in [7, 11) is 0. The standard InChI is InChI=1S/C10H8Cl5NO2S/c11-9(12,13)10(14,15)19-16-7(17)5-3-1-2-4-6(5)8(16)18/h1-2,5-6H,3-4H2. The third-order valence-corrected chi connectivity index (χ3v) is 6.83. The molecule has 2 amide bonds. The molecule has 0 saturated carbocycles. The lowest BCUT2D eigenvalue weighted by Crippen LogP contribution is -2.35. The molecule has 9 heteroatoms. The third-order valence-electron chi connectivity index (χ3n) is 3.00. The van der Waals surface area contributed by atoms with Gasteiger partial charge in [0.05, 0.1) is 11.8 Å². The Bertz CT molecular complexity index is 422. The van der Waals surface area contributed by atoms with Gasteiger partial charge in [-0.25, -0.2) is 4.31 Å². The molecule has 1 fully saturated rings. The van der Waals surface area contributed by atoms with Crippen molar-refractivity contribution in [1.29, 1.82) is 0 Å². The fraction of sp³-hybridized carbons (Fsp3) is 0.600. The highest BCUT2D eigenvalue weighted by Crippen LogP contribution is 2.55. The number of fused-ring (bicyclic) bond motifs is 1. The second kappa shape index (κ2) is 5.47. The molecule has 1 aliphatic heterocycles. The summed E-state index contributed by atoms with van der Waals surface area (Å²) < 4.78 is -3.04. The van der Waals surface area contributed by atoms with Gasteiger partial charge >= 0.3 is 0 Å². The van der Waals surface area contributed by atoms with E-state index in [-0.39, 0.29) is 23.7 Å². The maximum Gasteiger partial charge on any atom is 0.243 e. The molecule has 0 aromatic heterocycles. The fourth-order valence-electron chi connectivity index (χ4n) is 2.03. The van der Waals surface area contributed by atoms with E-state index in [1.54, 1.807) is 0 Å². The van der Waals surface area contributed by atoms with Crippen LogP contribution in [0.15, 0.2) is 12.2 Å². The van der Waals surface area contributed by atoms with E-state index in [4.69, 9.17) is 58.0 Å². The number of allylic oxidation sites excluding steroid dienone is 2. The van der Waals surface area contributed by atoms with Crippen molar-refractivity contribution in [1.82, 2.24) is 4.31 Å². The first-order chi connectivity index (χ1) is 8.65. The van der Waals surface area contributed by atoms with Crippen LogP contribution in [0.1, 0.15) is 12.8 Å². The van der Waals surface area contributed by atoms with Gasteiger partial charge in [0.15, 0.2) is 0 Å². The van der Waals surface area contributed by atoms with Gasteiger partial charge in [0.2, 0.25) is 19.3 Å². The number of carbonyl (C=O) groups is 2. The minimum atomic E-state index is -2.03. The summed E-state index contributed by atoms with van der Waals surface area (Å²) in [6.45, 7) is 0. The number of rotatable bonds is 2. The molecule has 1 heterocycles. The van der Waals surface area contributed by atoms with E-state index < -0.39 is 7.46 Å². The zero-order chi connectivity index (χ0) is 14.4. The van der Waals surface area contributed by atoms with Crippen molar-refractivity contribution in [2.45, 2.75) is 20.3 Å². The number of alkyl halides is 5. The Balaban J connectivity index is 2.19. The van der Waals surface area contributed by atoms with Crippen LogP contribution in [0.3, 0.4) is 0 Å². The second-order valence-corrected chi connectivity index (χ2v) is 9.45. The molecule has 2 unspecified atom stereocenters. The van der Waals surface area contributed by atoms with Crippen molar-refractivity contribution in [3.05, 3.63) is 12.2 Å². The van der Waals surface area contributed by atoms with E-state index in [0.717, 1.165) is 4.31 Å². The molecule has 3 nitrogen and oxygen atoms in total. The average molecular weight is 384 g/mol. The quantitative estimate of drug-likeness (QED) is 0.312. The Labute approximate surface area is 139 Å². The molecule has 0 aromatic rings. The summed E-state index contributed by atoms with van der Waals surface area (Å²) in [5, 5.41) is 0. The van der Waals surface area contributed by atoms with Crippen LogP contribution in [0, 0.1) is 11.8 Å². The highest BCUT2D eigenvalue weighted by molar-refractivity contribution is 8.02. The molecule has 19 heavy (non-hydrogen) atoms. The minimum Gasteiger partial charge on any atom is -0.273 e. The number of nitrogens with zero attached hydrogens (tertiary/aromatic N) is 1. The Morgan fingerprint density at radius 1 is 1.00 bits per heavy atom. The van der Waals surface area contributed by atoms with Gasteiger partial charge in [0.25, 0.3) is 0 Å². The van der Waals surface area contributed by atoms with E-state index in [1.807, 2.05) is 12.2 Å². The number of hydrogen-bond acceptors (Lipinski definition) is 3. The normalized spacial score (nSPS) is 27.9. The SMILES string of the molecule is O=C1C2CC=CCC2C(=O)N1SC(Cl)(Cl)C(Cl)(Cl)Cl. The Hall–Kier alpha value is 0.680. The maximum absolute atomic E-state index is 12.2. The first-order valence-electron chi connectivity index (χ1n) is 5.31. The van der Waals surface area contributed by atoms with E-state index in [2.05, 4.69) is 0 Å². The van der Waals surface area contributed by atoms with E-state index in [1.165, 1.54) is 0 Å². The van der Waals surface area contributed by atoms with Crippen LogP contribution in [0.2, 0.25) is 0 Å². The largest absolute Gasteiger partial charge is 0.273 e. The minimum absolute atomic E-state index is 0.343. The molecule has 106 valence electrons. The van der Waals surface area contributed by atoms with Crippen LogP contribution in [0.4, 0.5) is 0 Å². The van der Waals surface area contributed by atoms with E-state index in [0.29, 0.717) is 24.8 Å². The maximum atomic E-state index is 12.2. The molecule has 2 atom stereocenters. The molecule has 0 bridgehead atoms. The van der Waals surface area contributed by atoms with Crippen molar-refractivity contribution < 1.29 is 9.59 Å². The highest BCUT2D eigenvalue weighted by atomic mass is 35.6. The van der Waals surface area contributed by atoms with Gasteiger partial charge in [-0.15, -0.1) is 0 Å². The molecule has 0 radical (unpaired) electrons. The van der Waals surface area contributed by atoms with Gasteiger partial charge in [-0.1, -0.05) is 70.2 Å². The number of hydrogen-bond donors (Lipinski definition) is 0. The van der Waals surface area contributed by atoms with Crippen molar-refractivity contribution in [3.63, 3.8) is 0 Å². The van der Waals surface area contributed by atoms with Crippen LogP contribution < -0.4 is 0 Å². The molecule has 2 rings (SSSR count). The van der Waals surface area contributed by atoms with Crippen molar-refractivity contribution in [3.8, 4) is 0 Å². The van der Waals surface area contributed by atoms with Gasteiger partial charge in [-0.2, -0.15) is 0 Å². The lowest BCUT2D eigenvalue weighted by molar-refractivity contribution is -0.133. The number of halogens is 5. The summed E-state index contributed by atoms with van der Waals surface area (Å²) in [4.78, 5) is 24.3. The fourth-order valence-corrected chi connectivity index (χ4v) is 3.53. The zero-order valence-corrected chi connectivity index (χ0v) is 13.9. The summed E-state index contributed by atoms with van der Waals surface area (Å²) >= 11 is 29.2. The van der Waals surface area contributed by atoms with Crippen molar-refractivity contribution in [2.24, 2.45) is 11.8 Å². The molecule has 1 saturated heterocycles. The van der Waals surface area contributed by atoms with Crippen LogP contribution in [0.25, 0.3) is 0 Å². The molecule has 0 N–H and O–H groups in total. The molecular formula is C10H8Cl5NO2S. The summed E-state index contributed by atoms with van der Waals surface area (Å²) in [6, 6.07) is 0. The highest BCUT2D eigenvalue weighted by Gasteiger charge is 2.55. The van der Waals surface area contributed by atoms with E-state index in [9.17, 15) is 9.59 Å². The van der Waals surface area contributed by atoms with E-state index >= 15 is 0 Å². The predicted octanol–water partition coefficient (Wildman–Crippen LogP) is 4.09. The van der Waals surface area contributed by atoms with Gasteiger partial charge in [-0.3, -0.25) is 9.59 Å². The van der Waals surface area contributed by atoms with Crippen LogP contribution in [0.5, 0.6) is 0 Å². The summed E-state index contributed by atoms with van der Waals surface area (Å²) in [6.07, 6.45) is 4.81. The molecule has 2 aliphatic rings. The zero-order valence-electron chi connectivity index (χ0n) is 9.29. The van der Waals surface area contributed by atoms with Crippen molar-refractivity contribution >= 4 is 81.8 Å². The molecule has 0 aromatic carbocycles.